The first-order chi connectivity index (χ1) is 7.59. The lowest BCUT2D eigenvalue weighted by Gasteiger charge is -2.13. The first-order valence-corrected chi connectivity index (χ1v) is 7.04. The number of hydrogen-bond acceptors (Lipinski definition) is 3. The van der Waals surface area contributed by atoms with Gasteiger partial charge in [0.25, 0.3) is 0 Å². The van der Waals surface area contributed by atoms with Crippen LogP contribution in [0.1, 0.15) is 19.4 Å². The number of pyridine rings is 1. The summed E-state index contributed by atoms with van der Waals surface area (Å²) >= 11 is 7.94. The molecule has 0 aliphatic heterocycles. The van der Waals surface area contributed by atoms with E-state index in [0.717, 1.165) is 29.4 Å². The number of nitrogens with two attached hydrogens (primary N) is 1. The first-order valence-electron chi connectivity index (χ1n) is 5.51. The van der Waals surface area contributed by atoms with E-state index in [2.05, 4.69) is 18.8 Å². The molecule has 0 aliphatic rings. The molecule has 0 bridgehead atoms. The van der Waals surface area contributed by atoms with Crippen molar-refractivity contribution in [3.05, 3.63) is 29.0 Å². The smallest absolute Gasteiger partial charge is 0.0621 e. The molecule has 4 heteroatoms. The van der Waals surface area contributed by atoms with Gasteiger partial charge in [0.2, 0.25) is 0 Å². The van der Waals surface area contributed by atoms with Crippen molar-refractivity contribution >= 4 is 23.4 Å². The molecule has 1 aromatic rings. The standard InChI is InChI=1S/C12H19ClN2S/c1-9(2)7-16-8-11(14)5-10-3-4-15-6-12(10)13/h3-4,6,9,11H,5,7-8,14H2,1-2H3. The van der Waals surface area contributed by atoms with E-state index >= 15 is 0 Å². The van der Waals surface area contributed by atoms with Gasteiger partial charge in [-0.2, -0.15) is 11.8 Å². The highest BCUT2D eigenvalue weighted by Crippen LogP contribution is 2.16. The molecule has 0 amide bonds. The van der Waals surface area contributed by atoms with Crippen LogP contribution < -0.4 is 5.73 Å². The van der Waals surface area contributed by atoms with Crippen LogP contribution in [0.5, 0.6) is 0 Å². The number of aromatic nitrogens is 1. The topological polar surface area (TPSA) is 38.9 Å². The molecular formula is C12H19ClN2S. The Labute approximate surface area is 107 Å². The average molecular weight is 259 g/mol. The Bertz CT molecular complexity index is 318. The Kier molecular flexibility index (Phi) is 6.17. The summed E-state index contributed by atoms with van der Waals surface area (Å²) in [5, 5.41) is 0.715. The summed E-state index contributed by atoms with van der Waals surface area (Å²) in [6.07, 6.45) is 4.26. The monoisotopic (exact) mass is 258 g/mol. The van der Waals surface area contributed by atoms with E-state index in [1.54, 1.807) is 12.4 Å². The number of halogens is 1. The van der Waals surface area contributed by atoms with Gasteiger partial charge in [0.15, 0.2) is 0 Å². The zero-order chi connectivity index (χ0) is 12.0. The van der Waals surface area contributed by atoms with Crippen LogP contribution in [-0.2, 0) is 6.42 Å². The van der Waals surface area contributed by atoms with Gasteiger partial charge in [-0.15, -0.1) is 0 Å². The molecule has 0 saturated heterocycles. The van der Waals surface area contributed by atoms with Gasteiger partial charge in [-0.1, -0.05) is 25.4 Å². The Morgan fingerprint density at radius 1 is 1.44 bits per heavy atom. The van der Waals surface area contributed by atoms with Crippen molar-refractivity contribution in [3.8, 4) is 0 Å². The molecule has 2 N–H and O–H groups in total. The third kappa shape index (κ3) is 5.19. The second-order valence-corrected chi connectivity index (χ2v) is 5.84. The molecular weight excluding hydrogens is 240 g/mol. The Morgan fingerprint density at radius 3 is 2.81 bits per heavy atom. The highest BCUT2D eigenvalue weighted by molar-refractivity contribution is 7.99. The van der Waals surface area contributed by atoms with Crippen LogP contribution in [0.3, 0.4) is 0 Å². The lowest BCUT2D eigenvalue weighted by atomic mass is 10.1. The summed E-state index contributed by atoms with van der Waals surface area (Å²) in [5.74, 6) is 2.87. The molecule has 0 aliphatic carbocycles. The fourth-order valence-electron chi connectivity index (χ4n) is 1.37. The highest BCUT2D eigenvalue weighted by Gasteiger charge is 2.07. The quantitative estimate of drug-likeness (QED) is 0.853. The highest BCUT2D eigenvalue weighted by atomic mass is 35.5. The summed E-state index contributed by atoms with van der Waals surface area (Å²) in [4.78, 5) is 3.96. The second kappa shape index (κ2) is 7.15. The van der Waals surface area contributed by atoms with Gasteiger partial charge in [-0.3, -0.25) is 4.98 Å². The van der Waals surface area contributed by atoms with Gasteiger partial charge in [0.1, 0.15) is 0 Å². The van der Waals surface area contributed by atoms with Crippen LogP contribution in [0.15, 0.2) is 18.5 Å². The normalized spacial score (nSPS) is 13.1. The SMILES string of the molecule is CC(C)CSCC(N)Cc1ccncc1Cl. The molecule has 0 radical (unpaired) electrons. The molecule has 0 fully saturated rings. The van der Waals surface area contributed by atoms with Crippen LogP contribution in [0.25, 0.3) is 0 Å². The lowest BCUT2D eigenvalue weighted by molar-refractivity contribution is 0.731. The maximum absolute atomic E-state index is 6.06. The van der Waals surface area contributed by atoms with Gasteiger partial charge in [0, 0.05) is 24.2 Å². The molecule has 1 rings (SSSR count). The van der Waals surface area contributed by atoms with E-state index in [4.69, 9.17) is 17.3 Å². The van der Waals surface area contributed by atoms with E-state index in [-0.39, 0.29) is 6.04 Å². The van der Waals surface area contributed by atoms with Crippen LogP contribution in [0.2, 0.25) is 5.02 Å². The van der Waals surface area contributed by atoms with E-state index in [9.17, 15) is 0 Å². The molecule has 90 valence electrons. The minimum Gasteiger partial charge on any atom is -0.327 e. The van der Waals surface area contributed by atoms with Gasteiger partial charge in [-0.25, -0.2) is 0 Å². The second-order valence-electron chi connectivity index (χ2n) is 4.36. The largest absolute Gasteiger partial charge is 0.327 e. The Morgan fingerprint density at radius 2 is 2.19 bits per heavy atom. The molecule has 2 nitrogen and oxygen atoms in total. The summed E-state index contributed by atoms with van der Waals surface area (Å²) < 4.78 is 0. The van der Waals surface area contributed by atoms with Crippen molar-refractivity contribution < 1.29 is 0 Å². The average Bonchev–Trinajstić information content (AvgIpc) is 2.21. The van der Waals surface area contributed by atoms with Crippen molar-refractivity contribution in [3.63, 3.8) is 0 Å². The predicted octanol–water partition coefficient (Wildman–Crippen LogP) is 2.99. The predicted molar refractivity (Wildman–Crippen MR) is 73.1 cm³/mol. The minimum absolute atomic E-state index is 0.170. The third-order valence-corrected chi connectivity index (χ3v) is 4.03. The molecule has 16 heavy (non-hydrogen) atoms. The molecule has 1 atom stereocenters. The van der Waals surface area contributed by atoms with Crippen LogP contribution in [-0.4, -0.2) is 22.5 Å². The number of nitrogens with zero attached hydrogens (tertiary/aromatic N) is 1. The first kappa shape index (κ1) is 13.8. The van der Waals surface area contributed by atoms with Crippen LogP contribution in [0, 0.1) is 5.92 Å². The molecule has 0 saturated carbocycles. The summed E-state index contributed by atoms with van der Waals surface area (Å²) in [6, 6.07) is 2.11. The van der Waals surface area contributed by atoms with Crippen molar-refractivity contribution in [1.29, 1.82) is 0 Å². The summed E-state index contributed by atoms with van der Waals surface area (Å²) in [6.45, 7) is 4.44. The van der Waals surface area contributed by atoms with Gasteiger partial charge in [0.05, 0.1) is 5.02 Å². The maximum atomic E-state index is 6.06. The molecule has 1 heterocycles. The van der Waals surface area contributed by atoms with Crippen LogP contribution >= 0.6 is 23.4 Å². The van der Waals surface area contributed by atoms with Crippen molar-refractivity contribution in [1.82, 2.24) is 4.98 Å². The van der Waals surface area contributed by atoms with Crippen molar-refractivity contribution in [2.45, 2.75) is 26.3 Å². The Hall–Kier alpha value is -0.250. The van der Waals surface area contributed by atoms with Gasteiger partial charge >= 0.3 is 0 Å². The van der Waals surface area contributed by atoms with Crippen LogP contribution in [0.4, 0.5) is 0 Å². The molecule has 1 aromatic heterocycles. The fraction of sp³-hybridized carbons (Fsp3) is 0.583. The maximum Gasteiger partial charge on any atom is 0.0621 e. The lowest BCUT2D eigenvalue weighted by Crippen LogP contribution is -2.26. The number of thioether (sulfide) groups is 1. The molecule has 0 spiro atoms. The summed E-state index contributed by atoms with van der Waals surface area (Å²) in [5.41, 5.74) is 7.15. The molecule has 0 aromatic carbocycles. The van der Waals surface area contributed by atoms with E-state index in [1.807, 2.05) is 17.8 Å². The minimum atomic E-state index is 0.170. The number of hydrogen-bond donors (Lipinski definition) is 1. The molecule has 1 unspecified atom stereocenters. The van der Waals surface area contributed by atoms with E-state index < -0.39 is 0 Å². The van der Waals surface area contributed by atoms with Gasteiger partial charge in [-0.05, 0) is 29.7 Å². The zero-order valence-electron chi connectivity index (χ0n) is 9.82. The van der Waals surface area contributed by atoms with E-state index in [0.29, 0.717) is 5.02 Å². The summed E-state index contributed by atoms with van der Waals surface area (Å²) in [7, 11) is 0. The van der Waals surface area contributed by atoms with Crippen molar-refractivity contribution in [2.24, 2.45) is 11.7 Å². The van der Waals surface area contributed by atoms with Crippen molar-refractivity contribution in [2.75, 3.05) is 11.5 Å². The van der Waals surface area contributed by atoms with Gasteiger partial charge < -0.3 is 5.73 Å². The Balaban J connectivity index is 2.34. The fourth-order valence-corrected chi connectivity index (χ4v) is 2.59. The van der Waals surface area contributed by atoms with E-state index in [1.165, 1.54) is 0 Å². The zero-order valence-corrected chi connectivity index (χ0v) is 11.4. The third-order valence-electron chi connectivity index (χ3n) is 2.12. The number of rotatable bonds is 6.